The van der Waals surface area contributed by atoms with Gasteiger partial charge in [-0.15, -0.1) is 0 Å². The molecule has 2 fully saturated rings. The minimum atomic E-state index is -0.961. The maximum Gasteiger partial charge on any atom is 0.328 e. The van der Waals surface area contributed by atoms with E-state index in [-0.39, 0.29) is 0 Å². The van der Waals surface area contributed by atoms with Crippen LogP contribution in [0.1, 0.15) is 24.8 Å². The molecular weight excluding hydrogens is 274 g/mol. The summed E-state index contributed by atoms with van der Waals surface area (Å²) in [4.78, 5) is 12.9. The highest BCUT2D eigenvalue weighted by molar-refractivity contribution is 6.32. The van der Waals surface area contributed by atoms with Crippen LogP contribution in [0.25, 0.3) is 6.08 Å². The van der Waals surface area contributed by atoms with Gasteiger partial charge in [-0.2, -0.15) is 0 Å². The highest BCUT2D eigenvalue weighted by Gasteiger charge is 2.36. The van der Waals surface area contributed by atoms with Gasteiger partial charge in [-0.05, 0) is 48.4 Å². The van der Waals surface area contributed by atoms with Crippen LogP contribution in [0, 0.1) is 11.8 Å². The van der Waals surface area contributed by atoms with Crippen molar-refractivity contribution in [2.75, 3.05) is 18.0 Å². The number of hydrogen-bond acceptors (Lipinski definition) is 2. The Morgan fingerprint density at radius 3 is 2.60 bits per heavy atom. The molecule has 0 radical (unpaired) electrons. The fourth-order valence-corrected chi connectivity index (χ4v) is 3.69. The highest BCUT2D eigenvalue weighted by Crippen LogP contribution is 2.40. The summed E-state index contributed by atoms with van der Waals surface area (Å²) in [5.41, 5.74) is 1.90. The number of fused-ring (bicyclic) bond motifs is 1. The van der Waals surface area contributed by atoms with Gasteiger partial charge in [0.2, 0.25) is 0 Å². The largest absolute Gasteiger partial charge is 0.478 e. The van der Waals surface area contributed by atoms with E-state index < -0.39 is 5.97 Å². The molecule has 1 saturated carbocycles. The monoisotopic (exact) mass is 291 g/mol. The molecule has 2 atom stereocenters. The van der Waals surface area contributed by atoms with E-state index >= 15 is 0 Å². The first-order chi connectivity index (χ1) is 9.63. The lowest BCUT2D eigenvalue weighted by atomic mass is 10.0. The fourth-order valence-electron chi connectivity index (χ4n) is 3.45. The van der Waals surface area contributed by atoms with Crippen LogP contribution in [0.5, 0.6) is 0 Å². The molecule has 1 N–H and O–H groups in total. The molecule has 1 aromatic carbocycles. The molecular formula is C16H18ClNO2. The van der Waals surface area contributed by atoms with Crippen molar-refractivity contribution in [3.05, 3.63) is 34.9 Å². The van der Waals surface area contributed by atoms with E-state index in [4.69, 9.17) is 16.7 Å². The van der Waals surface area contributed by atoms with Gasteiger partial charge in [-0.25, -0.2) is 4.79 Å². The maximum atomic E-state index is 10.5. The third-order valence-corrected chi connectivity index (χ3v) is 4.81. The summed E-state index contributed by atoms with van der Waals surface area (Å²) in [6.45, 7) is 2.26. The number of anilines is 1. The van der Waals surface area contributed by atoms with Crippen molar-refractivity contribution in [1.29, 1.82) is 0 Å². The van der Waals surface area contributed by atoms with Gasteiger partial charge in [0, 0.05) is 29.9 Å². The van der Waals surface area contributed by atoms with Crippen LogP contribution < -0.4 is 4.90 Å². The lowest BCUT2D eigenvalue weighted by molar-refractivity contribution is -0.131. The molecule has 1 aliphatic heterocycles. The van der Waals surface area contributed by atoms with Crippen molar-refractivity contribution in [2.45, 2.75) is 19.3 Å². The molecule has 3 nitrogen and oxygen atoms in total. The molecule has 0 aromatic heterocycles. The number of aliphatic carboxylic acids is 1. The maximum absolute atomic E-state index is 10.5. The smallest absolute Gasteiger partial charge is 0.328 e. The number of carboxylic acids is 1. The second-order valence-corrected chi connectivity index (χ2v) is 6.14. The van der Waals surface area contributed by atoms with Crippen LogP contribution in [-0.2, 0) is 4.79 Å². The van der Waals surface area contributed by atoms with E-state index in [0.29, 0.717) is 5.02 Å². The first-order valence-electron chi connectivity index (χ1n) is 7.09. The van der Waals surface area contributed by atoms with Crippen molar-refractivity contribution in [3.8, 4) is 0 Å². The van der Waals surface area contributed by atoms with Crippen LogP contribution in [0.15, 0.2) is 24.3 Å². The van der Waals surface area contributed by atoms with Crippen LogP contribution in [0.2, 0.25) is 5.02 Å². The Morgan fingerprint density at radius 1 is 1.30 bits per heavy atom. The zero-order valence-corrected chi connectivity index (χ0v) is 12.0. The van der Waals surface area contributed by atoms with Gasteiger partial charge in [-0.1, -0.05) is 24.1 Å². The molecule has 0 bridgehead atoms. The SMILES string of the molecule is O=C(O)/C=C/c1ccc(N2CC3CCCC3C2)cc1Cl. The van der Waals surface area contributed by atoms with E-state index in [1.807, 2.05) is 18.2 Å². The Kier molecular flexibility index (Phi) is 3.70. The van der Waals surface area contributed by atoms with Gasteiger partial charge in [0.15, 0.2) is 0 Å². The zero-order valence-electron chi connectivity index (χ0n) is 11.3. The van der Waals surface area contributed by atoms with Gasteiger partial charge >= 0.3 is 5.97 Å². The van der Waals surface area contributed by atoms with Crippen LogP contribution in [0.4, 0.5) is 5.69 Å². The highest BCUT2D eigenvalue weighted by atomic mass is 35.5. The summed E-state index contributed by atoms with van der Waals surface area (Å²) in [5, 5.41) is 9.26. The summed E-state index contributed by atoms with van der Waals surface area (Å²) in [7, 11) is 0. The van der Waals surface area contributed by atoms with Crippen LogP contribution >= 0.6 is 11.6 Å². The summed E-state index contributed by atoms with van der Waals surface area (Å²) < 4.78 is 0. The third-order valence-electron chi connectivity index (χ3n) is 4.48. The number of benzene rings is 1. The standard InChI is InChI=1S/C16H18ClNO2/c17-15-8-14(6-4-11(15)5-7-16(19)20)18-9-12-2-1-3-13(12)10-18/h4-8,12-13H,1-3,9-10H2,(H,19,20)/b7-5+. The molecule has 3 rings (SSSR count). The minimum Gasteiger partial charge on any atom is -0.478 e. The molecule has 2 aliphatic rings. The molecule has 1 aromatic rings. The fraction of sp³-hybridized carbons (Fsp3) is 0.438. The molecule has 0 spiro atoms. The summed E-state index contributed by atoms with van der Waals surface area (Å²) >= 11 is 6.24. The van der Waals surface area contributed by atoms with Gasteiger partial charge in [-0.3, -0.25) is 0 Å². The van der Waals surface area contributed by atoms with Gasteiger partial charge in [0.25, 0.3) is 0 Å². The van der Waals surface area contributed by atoms with Crippen molar-refractivity contribution in [3.63, 3.8) is 0 Å². The molecule has 1 heterocycles. The molecule has 2 unspecified atom stereocenters. The second kappa shape index (κ2) is 5.49. The van der Waals surface area contributed by atoms with Gasteiger partial charge in [0.05, 0.1) is 0 Å². The van der Waals surface area contributed by atoms with Gasteiger partial charge in [0.1, 0.15) is 0 Å². The lowest BCUT2D eigenvalue weighted by Crippen LogP contribution is -2.20. The Bertz CT molecular complexity index is 543. The molecule has 1 aliphatic carbocycles. The number of rotatable bonds is 3. The van der Waals surface area contributed by atoms with Crippen LogP contribution in [-0.4, -0.2) is 24.2 Å². The van der Waals surface area contributed by atoms with Crippen LogP contribution in [0.3, 0.4) is 0 Å². The molecule has 0 amide bonds. The molecule has 106 valence electrons. The van der Waals surface area contributed by atoms with E-state index in [9.17, 15) is 4.79 Å². The van der Waals surface area contributed by atoms with E-state index in [1.54, 1.807) is 0 Å². The van der Waals surface area contributed by atoms with E-state index in [0.717, 1.165) is 42.3 Å². The predicted octanol–water partition coefficient (Wildman–Crippen LogP) is 3.67. The zero-order chi connectivity index (χ0) is 14.1. The molecule has 4 heteroatoms. The Balaban J connectivity index is 1.75. The number of nitrogens with zero attached hydrogens (tertiary/aromatic N) is 1. The summed E-state index contributed by atoms with van der Waals surface area (Å²) in [6.07, 6.45) is 6.74. The average molecular weight is 292 g/mol. The van der Waals surface area contributed by atoms with E-state index in [1.165, 1.54) is 25.3 Å². The first-order valence-corrected chi connectivity index (χ1v) is 7.47. The van der Waals surface area contributed by atoms with E-state index in [2.05, 4.69) is 4.90 Å². The number of halogens is 1. The third kappa shape index (κ3) is 2.68. The number of carboxylic acid groups (broad SMARTS) is 1. The quantitative estimate of drug-likeness (QED) is 0.864. The molecule has 1 saturated heterocycles. The average Bonchev–Trinajstić information content (AvgIpc) is 2.97. The predicted molar refractivity (Wildman–Crippen MR) is 81.2 cm³/mol. The first kappa shape index (κ1) is 13.5. The Morgan fingerprint density at radius 2 is 2.00 bits per heavy atom. The molecule has 20 heavy (non-hydrogen) atoms. The van der Waals surface area contributed by atoms with Gasteiger partial charge < -0.3 is 10.0 Å². The van der Waals surface area contributed by atoms with Crippen molar-refractivity contribution in [1.82, 2.24) is 0 Å². The topological polar surface area (TPSA) is 40.5 Å². The normalized spacial score (nSPS) is 25.4. The van der Waals surface area contributed by atoms with Crippen molar-refractivity contribution in [2.24, 2.45) is 11.8 Å². The minimum absolute atomic E-state index is 0.608. The summed E-state index contributed by atoms with van der Waals surface area (Å²) in [6, 6.07) is 5.88. The Hall–Kier alpha value is -1.48. The summed E-state index contributed by atoms with van der Waals surface area (Å²) in [5.74, 6) is 0.734. The Labute approximate surface area is 123 Å². The second-order valence-electron chi connectivity index (χ2n) is 5.73. The van der Waals surface area contributed by atoms with Crippen molar-refractivity contribution < 1.29 is 9.90 Å². The van der Waals surface area contributed by atoms with Crippen molar-refractivity contribution >= 4 is 29.3 Å². The number of hydrogen-bond donors (Lipinski definition) is 1. The lowest BCUT2D eigenvalue weighted by Gasteiger charge is -2.20. The number of carbonyl (C=O) groups is 1.